The van der Waals surface area contributed by atoms with Gasteiger partial charge in [0, 0.05) is 16.3 Å². The predicted octanol–water partition coefficient (Wildman–Crippen LogP) is 2.12. The van der Waals surface area contributed by atoms with E-state index >= 15 is 0 Å². The van der Waals surface area contributed by atoms with Gasteiger partial charge in [0.1, 0.15) is 0 Å². The molecule has 1 aliphatic heterocycles. The van der Waals surface area contributed by atoms with Gasteiger partial charge in [0.2, 0.25) is 0 Å². The summed E-state index contributed by atoms with van der Waals surface area (Å²) >= 11 is 1.77. The summed E-state index contributed by atoms with van der Waals surface area (Å²) in [5, 5.41) is 0. The molecule has 1 saturated heterocycles. The van der Waals surface area contributed by atoms with Gasteiger partial charge in [-0.3, -0.25) is 0 Å². The average Bonchev–Trinajstić information content (AvgIpc) is 2.64. The highest BCUT2D eigenvalue weighted by molar-refractivity contribution is 7.99. The molecule has 0 spiro atoms. The Balaban J connectivity index is 1.80. The van der Waals surface area contributed by atoms with Gasteiger partial charge in [-0.1, -0.05) is 0 Å². The van der Waals surface area contributed by atoms with Crippen molar-refractivity contribution in [3.63, 3.8) is 0 Å². The molecule has 1 aliphatic rings. The van der Waals surface area contributed by atoms with Crippen molar-refractivity contribution in [1.29, 1.82) is 0 Å². The van der Waals surface area contributed by atoms with Crippen molar-refractivity contribution in [1.82, 2.24) is 0 Å². The summed E-state index contributed by atoms with van der Waals surface area (Å²) in [5.74, 6) is 0.925. The molecule has 0 amide bonds. The number of hydrogen-bond donors (Lipinski definition) is 1. The van der Waals surface area contributed by atoms with Crippen molar-refractivity contribution < 1.29 is 9.47 Å². The first-order valence-corrected chi connectivity index (χ1v) is 5.98. The first-order chi connectivity index (χ1) is 7.24. The number of benzene rings is 1. The second kappa shape index (κ2) is 4.88. The van der Waals surface area contributed by atoms with Crippen molar-refractivity contribution in [2.45, 2.75) is 24.2 Å². The van der Waals surface area contributed by atoms with Crippen LogP contribution >= 0.6 is 11.8 Å². The topological polar surface area (TPSA) is 44.5 Å². The van der Waals surface area contributed by atoms with E-state index in [0.29, 0.717) is 6.61 Å². The fourth-order valence-electron chi connectivity index (χ4n) is 1.43. The lowest BCUT2D eigenvalue weighted by atomic mass is 10.3. The van der Waals surface area contributed by atoms with Crippen molar-refractivity contribution >= 4 is 17.4 Å². The molecule has 2 N–H and O–H groups in total. The molecule has 1 heterocycles. The van der Waals surface area contributed by atoms with Crippen LogP contribution in [0.1, 0.15) is 6.92 Å². The van der Waals surface area contributed by atoms with Crippen molar-refractivity contribution in [3.05, 3.63) is 24.3 Å². The zero-order chi connectivity index (χ0) is 10.7. The molecule has 0 aliphatic carbocycles. The van der Waals surface area contributed by atoms with Crippen LogP contribution in [0.3, 0.4) is 0 Å². The van der Waals surface area contributed by atoms with E-state index in [9.17, 15) is 0 Å². The van der Waals surface area contributed by atoms with E-state index in [1.54, 1.807) is 11.8 Å². The molecule has 2 atom stereocenters. The molecule has 82 valence electrons. The van der Waals surface area contributed by atoms with Gasteiger partial charge >= 0.3 is 0 Å². The van der Waals surface area contributed by atoms with Crippen molar-refractivity contribution in [3.8, 4) is 0 Å². The van der Waals surface area contributed by atoms with Gasteiger partial charge in [-0.15, -0.1) is 11.8 Å². The number of thioether (sulfide) groups is 1. The molecule has 1 aromatic carbocycles. The Morgan fingerprint density at radius 1 is 1.40 bits per heavy atom. The van der Waals surface area contributed by atoms with Crippen molar-refractivity contribution in [2.24, 2.45) is 0 Å². The minimum absolute atomic E-state index is 0.0537. The predicted molar refractivity (Wildman–Crippen MR) is 61.9 cm³/mol. The molecular formula is C11H15NO2S. The Labute approximate surface area is 93.9 Å². The molecule has 2 rings (SSSR count). The van der Waals surface area contributed by atoms with Gasteiger partial charge in [-0.05, 0) is 31.2 Å². The van der Waals surface area contributed by atoms with Crippen molar-refractivity contribution in [2.75, 3.05) is 18.1 Å². The molecule has 15 heavy (non-hydrogen) atoms. The van der Waals surface area contributed by atoms with Crippen LogP contribution in [0, 0.1) is 0 Å². The molecular weight excluding hydrogens is 210 g/mol. The number of anilines is 1. The fourth-order valence-corrected chi connectivity index (χ4v) is 2.31. The number of hydrogen-bond acceptors (Lipinski definition) is 4. The summed E-state index contributed by atoms with van der Waals surface area (Å²) in [4.78, 5) is 1.22. The molecule has 0 bridgehead atoms. The summed E-state index contributed by atoms with van der Waals surface area (Å²) in [5.41, 5.74) is 6.41. The van der Waals surface area contributed by atoms with Gasteiger partial charge in [0.15, 0.2) is 6.29 Å². The van der Waals surface area contributed by atoms with Crippen LogP contribution in [0.5, 0.6) is 0 Å². The van der Waals surface area contributed by atoms with Gasteiger partial charge < -0.3 is 15.2 Å². The average molecular weight is 225 g/mol. The third kappa shape index (κ3) is 3.12. The third-order valence-electron chi connectivity index (χ3n) is 2.22. The summed E-state index contributed by atoms with van der Waals surface area (Å²) in [6.07, 6.45) is 0.157. The second-order valence-corrected chi connectivity index (χ2v) is 4.63. The fraction of sp³-hybridized carbons (Fsp3) is 0.455. The molecule has 1 fully saturated rings. The summed E-state index contributed by atoms with van der Waals surface area (Å²) in [6.45, 7) is 2.62. The van der Waals surface area contributed by atoms with Crippen LogP contribution in [0.2, 0.25) is 0 Å². The highest BCUT2D eigenvalue weighted by Crippen LogP contribution is 2.23. The Morgan fingerprint density at radius 2 is 2.13 bits per heavy atom. The molecule has 0 aromatic heterocycles. The summed E-state index contributed by atoms with van der Waals surface area (Å²) < 4.78 is 10.9. The Morgan fingerprint density at radius 3 is 2.73 bits per heavy atom. The van der Waals surface area contributed by atoms with E-state index in [4.69, 9.17) is 15.2 Å². The van der Waals surface area contributed by atoms with Gasteiger partial charge in [-0.2, -0.15) is 0 Å². The number of ether oxygens (including phenoxy) is 2. The van der Waals surface area contributed by atoms with E-state index in [1.807, 2.05) is 31.2 Å². The highest BCUT2D eigenvalue weighted by atomic mass is 32.2. The smallest absolute Gasteiger partial charge is 0.155 e. The van der Waals surface area contributed by atoms with Crippen LogP contribution in [0.4, 0.5) is 5.69 Å². The molecule has 0 saturated carbocycles. The quantitative estimate of drug-likeness (QED) is 0.632. The molecule has 2 unspecified atom stereocenters. The number of nitrogen functional groups attached to an aromatic ring is 1. The van der Waals surface area contributed by atoms with Gasteiger partial charge in [-0.25, -0.2) is 0 Å². The SMILES string of the molecule is CC1OCC(CSc2ccc(N)cc2)O1. The first-order valence-electron chi connectivity index (χ1n) is 4.99. The minimum Gasteiger partial charge on any atom is -0.399 e. The Hall–Kier alpha value is -0.710. The Kier molecular flexibility index (Phi) is 3.51. The minimum atomic E-state index is -0.0537. The van der Waals surface area contributed by atoms with E-state index in [-0.39, 0.29) is 12.4 Å². The van der Waals surface area contributed by atoms with Crippen LogP contribution in [0.25, 0.3) is 0 Å². The highest BCUT2D eigenvalue weighted by Gasteiger charge is 2.22. The maximum atomic E-state index is 5.61. The summed E-state index contributed by atoms with van der Waals surface area (Å²) in [6, 6.07) is 7.88. The molecule has 0 radical (unpaired) electrons. The standard InChI is InChI=1S/C11H15NO2S/c1-8-13-6-10(14-8)7-15-11-4-2-9(12)3-5-11/h2-5,8,10H,6-7,12H2,1H3. The normalized spacial score (nSPS) is 25.7. The maximum absolute atomic E-state index is 5.61. The number of rotatable bonds is 3. The zero-order valence-electron chi connectivity index (χ0n) is 8.68. The Bertz CT molecular complexity index is 315. The summed E-state index contributed by atoms with van der Waals surface area (Å²) in [7, 11) is 0. The van der Waals surface area contributed by atoms with Gasteiger partial charge in [0.05, 0.1) is 12.7 Å². The van der Waals surface area contributed by atoms with E-state index in [1.165, 1.54) is 4.90 Å². The largest absolute Gasteiger partial charge is 0.399 e. The monoisotopic (exact) mass is 225 g/mol. The molecule has 3 nitrogen and oxygen atoms in total. The van der Waals surface area contributed by atoms with E-state index < -0.39 is 0 Å². The lowest BCUT2D eigenvalue weighted by Crippen LogP contribution is -2.13. The molecule has 1 aromatic rings. The van der Waals surface area contributed by atoms with E-state index in [2.05, 4.69) is 0 Å². The lowest BCUT2D eigenvalue weighted by molar-refractivity contribution is -0.0382. The zero-order valence-corrected chi connectivity index (χ0v) is 9.50. The van der Waals surface area contributed by atoms with Crippen LogP contribution in [-0.4, -0.2) is 24.8 Å². The third-order valence-corrected chi connectivity index (χ3v) is 3.36. The maximum Gasteiger partial charge on any atom is 0.155 e. The number of nitrogens with two attached hydrogens (primary N) is 1. The van der Waals surface area contributed by atoms with Crippen LogP contribution in [0.15, 0.2) is 29.2 Å². The lowest BCUT2D eigenvalue weighted by Gasteiger charge is -2.08. The van der Waals surface area contributed by atoms with Gasteiger partial charge in [0.25, 0.3) is 0 Å². The van der Waals surface area contributed by atoms with E-state index in [0.717, 1.165) is 11.4 Å². The second-order valence-electron chi connectivity index (χ2n) is 3.54. The first kappa shape index (κ1) is 10.8. The van der Waals surface area contributed by atoms with Crippen LogP contribution in [-0.2, 0) is 9.47 Å². The molecule has 4 heteroatoms. The van der Waals surface area contributed by atoms with Crippen LogP contribution < -0.4 is 5.73 Å².